The van der Waals surface area contributed by atoms with Crippen LogP contribution in [0.3, 0.4) is 0 Å². The molecule has 20 heavy (non-hydrogen) atoms. The minimum absolute atomic E-state index is 0.0193. The van der Waals surface area contributed by atoms with Crippen LogP contribution in [-0.4, -0.2) is 10.9 Å². The summed E-state index contributed by atoms with van der Waals surface area (Å²) < 4.78 is 6.21. The zero-order chi connectivity index (χ0) is 13.8. The number of aromatic nitrogens is 1. The summed E-state index contributed by atoms with van der Waals surface area (Å²) in [5, 5.41) is 1.10. The maximum Gasteiger partial charge on any atom is 0.129 e. The van der Waals surface area contributed by atoms with Gasteiger partial charge in [-0.3, -0.25) is 0 Å². The number of hydrogen-bond donors (Lipinski definition) is 1. The van der Waals surface area contributed by atoms with Crippen molar-refractivity contribution in [1.29, 1.82) is 0 Å². The van der Waals surface area contributed by atoms with Gasteiger partial charge in [-0.05, 0) is 23.8 Å². The predicted octanol–water partition coefficient (Wildman–Crippen LogP) is 4.92. The van der Waals surface area contributed by atoms with Gasteiger partial charge in [-0.2, -0.15) is 0 Å². The summed E-state index contributed by atoms with van der Waals surface area (Å²) in [6.07, 6.45) is 2.69. The second-order valence-electron chi connectivity index (χ2n) is 4.69. The molecule has 0 spiro atoms. The Morgan fingerprint density at radius 1 is 1.00 bits per heavy atom. The van der Waals surface area contributed by atoms with E-state index in [4.69, 9.17) is 16.3 Å². The second-order valence-corrected chi connectivity index (χ2v) is 5.07. The average Bonchev–Trinajstić information content (AvgIpc) is 2.97. The first-order valence-electron chi connectivity index (χ1n) is 6.72. The normalized spacial score (nSPS) is 12.4. The van der Waals surface area contributed by atoms with Gasteiger partial charge in [0.1, 0.15) is 11.9 Å². The van der Waals surface area contributed by atoms with Gasteiger partial charge in [-0.15, -0.1) is 11.6 Å². The van der Waals surface area contributed by atoms with Gasteiger partial charge in [0.05, 0.1) is 0 Å². The minimum Gasteiger partial charge on any atom is -0.485 e. The third-order valence-corrected chi connectivity index (χ3v) is 3.59. The van der Waals surface area contributed by atoms with Crippen molar-refractivity contribution in [3.8, 4) is 5.75 Å². The maximum absolute atomic E-state index is 6.21. The van der Waals surface area contributed by atoms with Crippen molar-refractivity contribution in [1.82, 2.24) is 4.98 Å². The summed E-state index contributed by atoms with van der Waals surface area (Å²) >= 11 is 5.92. The van der Waals surface area contributed by atoms with Crippen LogP contribution in [0.1, 0.15) is 18.1 Å². The Kier molecular flexibility index (Phi) is 3.93. The van der Waals surface area contributed by atoms with Crippen molar-refractivity contribution in [2.24, 2.45) is 0 Å². The first-order valence-corrected chi connectivity index (χ1v) is 7.25. The Balaban J connectivity index is 1.92. The highest BCUT2D eigenvalue weighted by Gasteiger charge is 2.14. The number of ether oxygens (including phenoxy) is 1. The van der Waals surface area contributed by atoms with Crippen molar-refractivity contribution in [2.45, 2.75) is 12.5 Å². The largest absolute Gasteiger partial charge is 0.485 e. The van der Waals surface area contributed by atoms with Crippen LogP contribution in [0.4, 0.5) is 0 Å². The Bertz CT molecular complexity index is 678. The lowest BCUT2D eigenvalue weighted by molar-refractivity contribution is 0.205. The van der Waals surface area contributed by atoms with Gasteiger partial charge in [0.15, 0.2) is 0 Å². The predicted molar refractivity (Wildman–Crippen MR) is 83.4 cm³/mol. The summed E-state index contributed by atoms with van der Waals surface area (Å²) in [7, 11) is 0. The quantitative estimate of drug-likeness (QED) is 0.662. The number of halogens is 1. The number of rotatable bonds is 5. The molecule has 0 saturated heterocycles. The van der Waals surface area contributed by atoms with Crippen LogP contribution in [0, 0.1) is 0 Å². The standard InChI is InChI=1S/C17H16ClNO/c18-11-9-16(13-5-2-1-3-6-13)20-17-8-4-7-15-14(17)10-12-19-15/h1-8,10,12,16,19H,9,11H2. The van der Waals surface area contributed by atoms with E-state index in [-0.39, 0.29) is 6.10 Å². The number of hydrogen-bond acceptors (Lipinski definition) is 1. The summed E-state index contributed by atoms with van der Waals surface area (Å²) in [5.41, 5.74) is 2.24. The molecule has 0 aliphatic heterocycles. The van der Waals surface area contributed by atoms with Crippen molar-refractivity contribution in [2.75, 3.05) is 5.88 Å². The molecular weight excluding hydrogens is 270 g/mol. The van der Waals surface area contributed by atoms with E-state index < -0.39 is 0 Å². The van der Waals surface area contributed by atoms with Crippen LogP contribution in [0.25, 0.3) is 10.9 Å². The molecule has 3 rings (SSSR count). The number of fused-ring (bicyclic) bond motifs is 1. The first-order chi connectivity index (χ1) is 9.88. The molecular formula is C17H16ClNO. The Labute approximate surface area is 123 Å². The highest BCUT2D eigenvalue weighted by molar-refractivity contribution is 6.17. The van der Waals surface area contributed by atoms with E-state index in [9.17, 15) is 0 Å². The molecule has 1 aromatic heterocycles. The number of benzene rings is 2. The molecule has 0 aliphatic rings. The Hall–Kier alpha value is -1.93. The first kappa shape index (κ1) is 13.1. The molecule has 1 unspecified atom stereocenters. The molecule has 0 fully saturated rings. The molecule has 0 bridgehead atoms. The molecule has 1 heterocycles. The maximum atomic E-state index is 6.21. The SMILES string of the molecule is ClCCC(Oc1cccc2[nH]ccc12)c1ccccc1. The number of H-pyrrole nitrogens is 1. The highest BCUT2D eigenvalue weighted by Crippen LogP contribution is 2.30. The average molecular weight is 286 g/mol. The van der Waals surface area contributed by atoms with Gasteiger partial charge in [-0.1, -0.05) is 36.4 Å². The second kappa shape index (κ2) is 6.02. The summed E-state index contributed by atoms with van der Waals surface area (Å²) in [6.45, 7) is 0. The monoisotopic (exact) mass is 285 g/mol. The fraction of sp³-hybridized carbons (Fsp3) is 0.176. The Morgan fingerprint density at radius 3 is 2.65 bits per heavy atom. The van der Waals surface area contributed by atoms with Gasteiger partial charge in [0.25, 0.3) is 0 Å². The molecule has 1 N–H and O–H groups in total. The van der Waals surface area contributed by atoms with Gasteiger partial charge in [-0.25, -0.2) is 0 Å². The van der Waals surface area contributed by atoms with Crippen LogP contribution in [0.5, 0.6) is 5.75 Å². The number of nitrogens with one attached hydrogen (secondary N) is 1. The van der Waals surface area contributed by atoms with E-state index in [1.54, 1.807) is 0 Å². The van der Waals surface area contributed by atoms with E-state index in [2.05, 4.69) is 17.1 Å². The molecule has 3 aromatic rings. The number of aromatic amines is 1. The molecule has 0 aliphatic carbocycles. The molecule has 0 radical (unpaired) electrons. The zero-order valence-corrected chi connectivity index (χ0v) is 11.8. The molecule has 0 amide bonds. The van der Waals surface area contributed by atoms with E-state index in [0.717, 1.165) is 28.6 Å². The van der Waals surface area contributed by atoms with Crippen LogP contribution in [0.15, 0.2) is 60.8 Å². The zero-order valence-electron chi connectivity index (χ0n) is 11.1. The van der Waals surface area contributed by atoms with Crippen molar-refractivity contribution < 1.29 is 4.74 Å². The minimum atomic E-state index is -0.0193. The van der Waals surface area contributed by atoms with Gasteiger partial charge >= 0.3 is 0 Å². The van der Waals surface area contributed by atoms with Crippen molar-refractivity contribution in [3.05, 3.63) is 66.4 Å². The van der Waals surface area contributed by atoms with Crippen LogP contribution < -0.4 is 4.74 Å². The van der Waals surface area contributed by atoms with Crippen LogP contribution in [-0.2, 0) is 0 Å². The number of alkyl halides is 1. The lowest BCUT2D eigenvalue weighted by Crippen LogP contribution is -2.08. The smallest absolute Gasteiger partial charge is 0.129 e. The lowest BCUT2D eigenvalue weighted by atomic mass is 10.1. The van der Waals surface area contributed by atoms with E-state index in [1.807, 2.05) is 48.7 Å². The van der Waals surface area contributed by atoms with E-state index in [1.165, 1.54) is 0 Å². The third kappa shape index (κ3) is 2.66. The van der Waals surface area contributed by atoms with Crippen molar-refractivity contribution >= 4 is 22.5 Å². The molecule has 1 atom stereocenters. The topological polar surface area (TPSA) is 25.0 Å². The van der Waals surface area contributed by atoms with E-state index in [0.29, 0.717) is 5.88 Å². The van der Waals surface area contributed by atoms with Crippen LogP contribution in [0.2, 0.25) is 0 Å². The fourth-order valence-corrected chi connectivity index (χ4v) is 2.57. The molecule has 0 saturated carbocycles. The van der Waals surface area contributed by atoms with E-state index >= 15 is 0 Å². The van der Waals surface area contributed by atoms with Gasteiger partial charge in [0, 0.05) is 29.4 Å². The Morgan fingerprint density at radius 2 is 1.85 bits per heavy atom. The fourth-order valence-electron chi connectivity index (χ4n) is 2.37. The van der Waals surface area contributed by atoms with Crippen LogP contribution >= 0.6 is 11.6 Å². The summed E-state index contributed by atoms with van der Waals surface area (Å²) in [5.74, 6) is 1.46. The summed E-state index contributed by atoms with van der Waals surface area (Å²) in [4.78, 5) is 3.20. The summed E-state index contributed by atoms with van der Waals surface area (Å²) in [6, 6.07) is 18.3. The van der Waals surface area contributed by atoms with Crippen molar-refractivity contribution in [3.63, 3.8) is 0 Å². The highest BCUT2D eigenvalue weighted by atomic mass is 35.5. The lowest BCUT2D eigenvalue weighted by Gasteiger charge is -2.19. The third-order valence-electron chi connectivity index (χ3n) is 3.37. The molecule has 102 valence electrons. The van der Waals surface area contributed by atoms with Gasteiger partial charge < -0.3 is 9.72 Å². The molecule has 3 heteroatoms. The molecule has 2 nitrogen and oxygen atoms in total. The van der Waals surface area contributed by atoms with Gasteiger partial charge in [0.2, 0.25) is 0 Å². The molecule has 2 aromatic carbocycles.